The predicted molar refractivity (Wildman–Crippen MR) is 90.7 cm³/mol. The maximum atomic E-state index is 12.7. The van der Waals surface area contributed by atoms with E-state index in [0.29, 0.717) is 29.9 Å². The largest absolute Gasteiger partial charge is 0.377 e. The third-order valence-corrected chi connectivity index (χ3v) is 4.84. The van der Waals surface area contributed by atoms with Gasteiger partial charge in [0.1, 0.15) is 6.61 Å². The number of piperidine rings is 1. The smallest absolute Gasteiger partial charge is 0.276 e. The van der Waals surface area contributed by atoms with E-state index in [0.717, 1.165) is 25.9 Å². The molecule has 2 atom stereocenters. The monoisotopic (exact) mass is 328 g/mol. The quantitative estimate of drug-likeness (QED) is 0.843. The Morgan fingerprint density at radius 2 is 2.17 bits per heavy atom. The molecule has 0 aliphatic carbocycles. The van der Waals surface area contributed by atoms with Gasteiger partial charge in [-0.05, 0) is 23.8 Å². The molecule has 0 unspecified atom stereocenters. The van der Waals surface area contributed by atoms with Gasteiger partial charge in [0.05, 0.1) is 0 Å². The van der Waals surface area contributed by atoms with Crippen molar-refractivity contribution in [3.63, 3.8) is 0 Å². The van der Waals surface area contributed by atoms with Crippen LogP contribution in [0.1, 0.15) is 47.5 Å². The lowest BCUT2D eigenvalue weighted by atomic mass is 9.79. The molecule has 1 aromatic heterocycles. The second kappa shape index (κ2) is 7.62. The minimum atomic E-state index is -0.0499. The number of amides is 1. The van der Waals surface area contributed by atoms with Gasteiger partial charge in [0.25, 0.3) is 5.91 Å². The summed E-state index contributed by atoms with van der Waals surface area (Å²) in [5.74, 6) is 1.51. The number of rotatable bonds is 5. The van der Waals surface area contributed by atoms with Gasteiger partial charge in [-0.3, -0.25) is 4.79 Å². The first kappa shape index (κ1) is 16.7. The van der Waals surface area contributed by atoms with Gasteiger partial charge in [-0.2, -0.15) is 0 Å². The summed E-state index contributed by atoms with van der Waals surface area (Å²) in [6.07, 6.45) is 2.04. The van der Waals surface area contributed by atoms with Crippen LogP contribution in [0.15, 0.2) is 40.9 Å². The van der Waals surface area contributed by atoms with E-state index in [2.05, 4.69) is 36.3 Å². The Hall–Kier alpha value is -2.14. The van der Waals surface area contributed by atoms with Crippen LogP contribution in [0.5, 0.6) is 0 Å². The zero-order valence-corrected chi connectivity index (χ0v) is 14.3. The molecule has 5 heteroatoms. The number of benzene rings is 1. The number of likely N-dealkylation sites (tertiary alicyclic amines) is 1. The van der Waals surface area contributed by atoms with Crippen molar-refractivity contribution in [1.29, 1.82) is 0 Å². The fourth-order valence-corrected chi connectivity index (χ4v) is 3.56. The summed E-state index contributed by atoms with van der Waals surface area (Å²) in [6.45, 7) is 4.04. The molecule has 1 saturated heterocycles. The van der Waals surface area contributed by atoms with Gasteiger partial charge < -0.3 is 14.2 Å². The van der Waals surface area contributed by atoms with Crippen molar-refractivity contribution in [1.82, 2.24) is 10.1 Å². The number of nitrogens with zero attached hydrogens (tertiary/aromatic N) is 2. The Balaban J connectivity index is 1.69. The van der Waals surface area contributed by atoms with Crippen LogP contribution in [0.3, 0.4) is 0 Å². The molecule has 5 nitrogen and oxygen atoms in total. The van der Waals surface area contributed by atoms with Crippen molar-refractivity contribution in [3.05, 3.63) is 53.4 Å². The third kappa shape index (κ3) is 3.51. The lowest BCUT2D eigenvalue weighted by Gasteiger charge is -2.38. The maximum absolute atomic E-state index is 12.7. The van der Waals surface area contributed by atoms with E-state index in [1.807, 2.05) is 11.0 Å². The average molecular weight is 328 g/mol. The van der Waals surface area contributed by atoms with Crippen molar-refractivity contribution in [2.45, 2.75) is 32.3 Å². The summed E-state index contributed by atoms with van der Waals surface area (Å²) < 4.78 is 10.1. The normalized spacial score (nSPS) is 21.0. The van der Waals surface area contributed by atoms with Crippen molar-refractivity contribution >= 4 is 5.91 Å². The fraction of sp³-hybridized carbons (Fsp3) is 0.474. The zero-order valence-electron chi connectivity index (χ0n) is 14.3. The second-order valence-electron chi connectivity index (χ2n) is 6.34. The molecule has 2 heterocycles. The number of hydrogen-bond acceptors (Lipinski definition) is 4. The molecule has 1 aromatic carbocycles. The first-order chi connectivity index (χ1) is 11.7. The predicted octanol–water partition coefficient (Wildman–Crippen LogP) is 3.48. The minimum Gasteiger partial charge on any atom is -0.377 e. The van der Waals surface area contributed by atoms with Crippen molar-refractivity contribution < 1.29 is 14.1 Å². The Morgan fingerprint density at radius 3 is 2.88 bits per heavy atom. The van der Waals surface area contributed by atoms with Crippen LogP contribution in [0.25, 0.3) is 0 Å². The molecule has 0 radical (unpaired) electrons. The lowest BCUT2D eigenvalue weighted by Crippen LogP contribution is -2.43. The first-order valence-electron chi connectivity index (χ1n) is 8.51. The molecule has 0 bridgehead atoms. The second-order valence-corrected chi connectivity index (χ2v) is 6.34. The topological polar surface area (TPSA) is 55.6 Å². The summed E-state index contributed by atoms with van der Waals surface area (Å²) in [6, 6.07) is 12.3. The Morgan fingerprint density at radius 1 is 1.38 bits per heavy atom. The Labute approximate surface area is 142 Å². The molecular weight excluding hydrogens is 304 g/mol. The maximum Gasteiger partial charge on any atom is 0.276 e. The summed E-state index contributed by atoms with van der Waals surface area (Å²) in [5, 5.41) is 3.89. The number of carbonyl (C=O) groups excluding carboxylic acids is 1. The molecule has 128 valence electrons. The summed E-state index contributed by atoms with van der Waals surface area (Å²) >= 11 is 0. The van der Waals surface area contributed by atoms with Crippen LogP contribution >= 0.6 is 0 Å². The molecule has 0 spiro atoms. The minimum absolute atomic E-state index is 0.0499. The standard InChI is InChI=1S/C19H24N2O3/c1-3-14-12-21(10-9-17(14)15-7-5-4-6-8-15)19(22)18-11-16(13-23-2)24-20-18/h4-8,11,14,17H,3,9-10,12-13H2,1-2H3/t14-,17+/m1/s1. The molecule has 3 rings (SSSR count). The number of methoxy groups -OCH3 is 1. The van der Waals surface area contributed by atoms with Crippen LogP contribution < -0.4 is 0 Å². The van der Waals surface area contributed by atoms with Gasteiger partial charge in [0, 0.05) is 26.3 Å². The highest BCUT2D eigenvalue weighted by atomic mass is 16.5. The fourth-order valence-electron chi connectivity index (χ4n) is 3.56. The van der Waals surface area contributed by atoms with Crippen LogP contribution in [0.2, 0.25) is 0 Å². The first-order valence-corrected chi connectivity index (χ1v) is 8.51. The average Bonchev–Trinajstić information content (AvgIpc) is 3.10. The van der Waals surface area contributed by atoms with Gasteiger partial charge in [-0.15, -0.1) is 0 Å². The number of aromatic nitrogens is 1. The third-order valence-electron chi connectivity index (χ3n) is 4.84. The Bertz CT molecular complexity index is 668. The summed E-state index contributed by atoms with van der Waals surface area (Å²) in [7, 11) is 1.59. The number of hydrogen-bond donors (Lipinski definition) is 0. The highest BCUT2D eigenvalue weighted by Gasteiger charge is 2.32. The van der Waals surface area contributed by atoms with Crippen LogP contribution in [0, 0.1) is 5.92 Å². The molecular formula is C19H24N2O3. The van der Waals surface area contributed by atoms with E-state index in [4.69, 9.17) is 9.26 Å². The van der Waals surface area contributed by atoms with Crippen LogP contribution in [-0.2, 0) is 11.3 Å². The molecule has 1 aliphatic rings. The molecule has 24 heavy (non-hydrogen) atoms. The molecule has 1 aliphatic heterocycles. The molecule has 0 N–H and O–H groups in total. The highest BCUT2D eigenvalue weighted by Crippen LogP contribution is 2.35. The zero-order chi connectivity index (χ0) is 16.9. The highest BCUT2D eigenvalue weighted by molar-refractivity contribution is 5.92. The van der Waals surface area contributed by atoms with Gasteiger partial charge in [0.15, 0.2) is 11.5 Å². The molecule has 1 fully saturated rings. The van der Waals surface area contributed by atoms with Crippen LogP contribution in [-0.4, -0.2) is 36.2 Å². The van der Waals surface area contributed by atoms with Gasteiger partial charge >= 0.3 is 0 Å². The number of carbonyl (C=O) groups is 1. The Kier molecular flexibility index (Phi) is 5.30. The van der Waals surface area contributed by atoms with E-state index in [1.54, 1.807) is 13.2 Å². The SMILES string of the molecule is CC[C@@H]1CN(C(=O)c2cc(COC)on2)CC[C@@H]1c1ccccc1. The lowest BCUT2D eigenvalue weighted by molar-refractivity contribution is 0.0634. The van der Waals surface area contributed by atoms with Gasteiger partial charge in [-0.25, -0.2) is 0 Å². The van der Waals surface area contributed by atoms with E-state index in [1.165, 1.54) is 5.56 Å². The van der Waals surface area contributed by atoms with E-state index in [-0.39, 0.29) is 5.91 Å². The molecule has 0 saturated carbocycles. The van der Waals surface area contributed by atoms with Crippen molar-refractivity contribution in [3.8, 4) is 0 Å². The van der Waals surface area contributed by atoms with Gasteiger partial charge in [0.2, 0.25) is 0 Å². The van der Waals surface area contributed by atoms with E-state index < -0.39 is 0 Å². The molecule has 2 aromatic rings. The summed E-state index contributed by atoms with van der Waals surface area (Å²) in [5.41, 5.74) is 1.75. The van der Waals surface area contributed by atoms with Crippen LogP contribution in [0.4, 0.5) is 0 Å². The van der Waals surface area contributed by atoms with Crippen molar-refractivity contribution in [2.24, 2.45) is 5.92 Å². The van der Waals surface area contributed by atoms with Crippen molar-refractivity contribution in [2.75, 3.05) is 20.2 Å². The molecule has 1 amide bonds. The van der Waals surface area contributed by atoms with E-state index >= 15 is 0 Å². The van der Waals surface area contributed by atoms with Gasteiger partial charge in [-0.1, -0.05) is 48.8 Å². The van der Waals surface area contributed by atoms with E-state index in [9.17, 15) is 4.79 Å². The number of ether oxygens (including phenoxy) is 1. The summed E-state index contributed by atoms with van der Waals surface area (Å²) in [4.78, 5) is 14.6.